The Morgan fingerprint density at radius 2 is 1.38 bits per heavy atom. The maximum Gasteiger partial charge on any atom is 0.420 e. The number of hydrogen-bond acceptors (Lipinski definition) is 15. The van der Waals surface area contributed by atoms with Gasteiger partial charge in [-0.05, 0) is 110 Å². The van der Waals surface area contributed by atoms with Gasteiger partial charge in [0.15, 0.2) is 11.2 Å². The Hall–Kier alpha value is -6.42. The van der Waals surface area contributed by atoms with E-state index in [1.54, 1.807) is 21.3 Å². The molecule has 5 heterocycles. The summed E-state index contributed by atoms with van der Waals surface area (Å²) in [6, 6.07) is 25.8. The van der Waals surface area contributed by atoms with E-state index in [9.17, 15) is 29.7 Å². The second-order valence-electron chi connectivity index (χ2n) is 17.7. The molecule has 0 radical (unpaired) electrons. The van der Waals surface area contributed by atoms with Gasteiger partial charge in [0.1, 0.15) is 24.3 Å². The van der Waals surface area contributed by atoms with E-state index in [1.165, 1.54) is 11.3 Å². The Morgan fingerprint density at radius 3 is 2.08 bits per heavy atom. The normalized spacial score (nSPS) is 18.3. The van der Waals surface area contributed by atoms with Crippen LogP contribution in [0, 0.1) is 22.7 Å². The average Bonchev–Trinajstić information content (AvgIpc) is 3.89. The lowest BCUT2D eigenvalue weighted by Crippen LogP contribution is -2.46. The lowest BCUT2D eigenvalue weighted by atomic mass is 10.0. The number of fused-ring (bicyclic) bond motifs is 2. The summed E-state index contributed by atoms with van der Waals surface area (Å²) >= 11 is 1.52. The fourth-order valence-electron chi connectivity index (χ4n) is 8.75. The fourth-order valence-corrected chi connectivity index (χ4v) is 9.80. The number of hydrogen-bond donors (Lipinski definition) is 4. The second-order valence-corrected chi connectivity index (χ2v) is 18.8. The Morgan fingerprint density at radius 1 is 0.761 bits per heavy atom. The van der Waals surface area contributed by atoms with E-state index in [0.29, 0.717) is 107 Å². The van der Waals surface area contributed by atoms with Gasteiger partial charge >= 0.3 is 11.5 Å². The third kappa shape index (κ3) is 13.5. The molecule has 6 aromatic rings. The SMILES string of the molecule is CCCOCCn1c(=O)oc2ccc(-c3ccc(CC(C#N)NC(=O)C4CNCCC(CCCOCCn5c(=O)oc6ccc(-c7ccc(C[C@@H](C#N)NC(=O)C8CNCCCO8)cc7)cc65)O4)s3)cc21. The summed E-state index contributed by atoms with van der Waals surface area (Å²) in [6.07, 6.45) is 2.85. The van der Waals surface area contributed by atoms with Crippen LogP contribution >= 0.6 is 11.3 Å². The van der Waals surface area contributed by atoms with E-state index in [0.717, 1.165) is 51.4 Å². The molecule has 3 aromatic heterocycles. The van der Waals surface area contributed by atoms with Gasteiger partial charge in [0.05, 0.1) is 55.6 Å². The van der Waals surface area contributed by atoms with Crippen LogP contribution in [0.25, 0.3) is 43.8 Å². The highest BCUT2D eigenvalue weighted by Crippen LogP contribution is 2.31. The largest absolute Gasteiger partial charge is 0.420 e. The molecular formula is C52H60N8O10S. The van der Waals surface area contributed by atoms with Crippen molar-refractivity contribution in [2.45, 2.75) is 95.4 Å². The summed E-state index contributed by atoms with van der Waals surface area (Å²) in [7, 11) is 0. The van der Waals surface area contributed by atoms with Crippen LogP contribution in [0.1, 0.15) is 49.5 Å². The Bertz CT molecular complexity index is 2940. The predicted molar refractivity (Wildman–Crippen MR) is 267 cm³/mol. The molecule has 2 fully saturated rings. The van der Waals surface area contributed by atoms with Crippen molar-refractivity contribution in [3.05, 3.63) is 104 Å². The minimum atomic E-state index is -0.770. The summed E-state index contributed by atoms with van der Waals surface area (Å²) in [6.45, 7) is 7.14. The highest BCUT2D eigenvalue weighted by atomic mass is 32.1. The highest BCUT2D eigenvalue weighted by molar-refractivity contribution is 7.15. The number of carbonyl (C=O) groups is 2. The standard InChI is InChI=1S/C52H60N8O10S/c1-2-21-65-24-19-60-43-28-37(11-14-45(43)70-52(60)64)48-15-12-41(71-48)29-39(31-54)58-50(62)47-33-56-18-16-40(68-47)5-3-22-66-25-20-59-42-27-36(10-13-44(42)69-51(59)63)35-8-6-34(7-9-35)26-38(30-53)57-49(61)46-32-55-17-4-23-67-46/h6-15,27-28,38-40,46-47,55-56H,2-5,16-26,29,32-33H2,1H3,(H,57,61)(H,58,62)/t38-,39?,40?,46?,47?/m0/s1. The molecule has 5 atom stereocenters. The van der Waals surface area contributed by atoms with Crippen LogP contribution in [0.3, 0.4) is 0 Å². The number of nitrogens with one attached hydrogen (secondary N) is 4. The van der Waals surface area contributed by atoms with Gasteiger partial charge in [0.25, 0.3) is 11.8 Å². The third-order valence-electron chi connectivity index (χ3n) is 12.5. The van der Waals surface area contributed by atoms with E-state index in [-0.39, 0.29) is 31.1 Å². The minimum absolute atomic E-state index is 0.192. The van der Waals surface area contributed by atoms with E-state index < -0.39 is 35.8 Å². The van der Waals surface area contributed by atoms with E-state index in [4.69, 9.17) is 27.8 Å². The van der Waals surface area contributed by atoms with Gasteiger partial charge in [-0.2, -0.15) is 10.5 Å². The number of oxazole rings is 2. The lowest BCUT2D eigenvalue weighted by molar-refractivity contribution is -0.136. The number of rotatable bonds is 22. The maximum absolute atomic E-state index is 13.5. The first kappa shape index (κ1) is 51.0. The quantitative estimate of drug-likeness (QED) is 0.0652. The number of amides is 2. The number of thiophene rings is 1. The van der Waals surface area contributed by atoms with Crippen LogP contribution in [0.5, 0.6) is 0 Å². The first-order valence-corrected chi connectivity index (χ1v) is 25.2. The van der Waals surface area contributed by atoms with E-state index >= 15 is 0 Å². The van der Waals surface area contributed by atoms with Crippen molar-refractivity contribution >= 4 is 45.4 Å². The first-order chi connectivity index (χ1) is 34.7. The topological polar surface area (TPSA) is 237 Å². The predicted octanol–water partition coefficient (Wildman–Crippen LogP) is 5.05. The Labute approximate surface area is 414 Å². The van der Waals surface area contributed by atoms with Gasteiger partial charge in [-0.15, -0.1) is 11.3 Å². The van der Waals surface area contributed by atoms with Crippen molar-refractivity contribution in [1.29, 1.82) is 10.5 Å². The molecule has 374 valence electrons. The van der Waals surface area contributed by atoms with Crippen molar-refractivity contribution < 1.29 is 37.4 Å². The molecule has 2 aliphatic rings. The molecule has 4 N–H and O–H groups in total. The molecule has 0 aliphatic carbocycles. The number of aromatic nitrogens is 2. The summed E-state index contributed by atoms with van der Waals surface area (Å²) < 4.78 is 37.6. The van der Waals surface area contributed by atoms with Crippen molar-refractivity contribution in [3.8, 4) is 33.7 Å². The minimum Gasteiger partial charge on any atom is -0.408 e. The number of ether oxygens (including phenoxy) is 4. The zero-order chi connectivity index (χ0) is 49.5. The number of carbonyl (C=O) groups excluding carboxylic acids is 2. The Balaban J connectivity index is 0.777. The fraction of sp³-hybridized carbons (Fsp3) is 0.462. The number of nitrogens with zero attached hydrogens (tertiary/aromatic N) is 4. The zero-order valence-corrected chi connectivity index (χ0v) is 40.6. The molecule has 71 heavy (non-hydrogen) atoms. The van der Waals surface area contributed by atoms with Crippen LogP contribution in [0.4, 0.5) is 0 Å². The van der Waals surface area contributed by atoms with Gasteiger partial charge in [0.2, 0.25) is 0 Å². The molecule has 2 amide bonds. The monoisotopic (exact) mass is 988 g/mol. The molecule has 3 aromatic carbocycles. The van der Waals surface area contributed by atoms with Crippen molar-refractivity contribution in [2.24, 2.45) is 0 Å². The molecule has 2 aliphatic heterocycles. The zero-order valence-electron chi connectivity index (χ0n) is 39.8. The average molecular weight is 989 g/mol. The molecule has 18 nitrogen and oxygen atoms in total. The Kier molecular flexibility index (Phi) is 18.0. The summed E-state index contributed by atoms with van der Waals surface area (Å²) in [5.74, 6) is -1.56. The van der Waals surface area contributed by atoms with Crippen LogP contribution in [0.15, 0.2) is 91.2 Å². The lowest BCUT2D eigenvalue weighted by Gasteiger charge is -2.22. The van der Waals surface area contributed by atoms with Gasteiger partial charge in [0, 0.05) is 55.5 Å². The molecule has 0 spiro atoms. The van der Waals surface area contributed by atoms with Gasteiger partial charge in [-0.3, -0.25) is 18.7 Å². The summed E-state index contributed by atoms with van der Waals surface area (Å²) in [5.41, 5.74) is 5.90. The highest BCUT2D eigenvalue weighted by Gasteiger charge is 2.28. The van der Waals surface area contributed by atoms with Crippen LogP contribution in [-0.2, 0) is 54.5 Å². The van der Waals surface area contributed by atoms with Crippen LogP contribution in [-0.4, -0.2) is 111 Å². The summed E-state index contributed by atoms with van der Waals surface area (Å²) in [5, 5.41) is 32.0. The molecule has 19 heteroatoms. The van der Waals surface area contributed by atoms with Crippen molar-refractivity contribution in [1.82, 2.24) is 30.4 Å². The van der Waals surface area contributed by atoms with Crippen molar-refractivity contribution in [2.75, 3.05) is 59.2 Å². The number of benzene rings is 3. The summed E-state index contributed by atoms with van der Waals surface area (Å²) in [4.78, 5) is 53.6. The molecule has 2 saturated heterocycles. The van der Waals surface area contributed by atoms with Gasteiger partial charge in [-0.1, -0.05) is 37.3 Å². The van der Waals surface area contributed by atoms with Crippen molar-refractivity contribution in [3.63, 3.8) is 0 Å². The van der Waals surface area contributed by atoms with Crippen LogP contribution in [0.2, 0.25) is 0 Å². The van der Waals surface area contributed by atoms with E-state index in [1.807, 2.05) is 67.6 Å². The molecule has 0 bridgehead atoms. The molecule has 0 saturated carbocycles. The molecule has 8 rings (SSSR count). The smallest absolute Gasteiger partial charge is 0.408 e. The number of nitriles is 2. The van der Waals surface area contributed by atoms with Crippen LogP contribution < -0.4 is 32.8 Å². The third-order valence-corrected chi connectivity index (χ3v) is 13.7. The van der Waals surface area contributed by atoms with Gasteiger partial charge < -0.3 is 49.0 Å². The van der Waals surface area contributed by atoms with Gasteiger partial charge in [-0.25, -0.2) is 9.59 Å². The molecular weight excluding hydrogens is 929 g/mol. The molecule has 4 unspecified atom stereocenters. The second kappa shape index (κ2) is 25.1. The maximum atomic E-state index is 13.5. The van der Waals surface area contributed by atoms with E-state index in [2.05, 4.69) is 33.4 Å². The first-order valence-electron chi connectivity index (χ1n) is 24.4.